The average Bonchev–Trinajstić information content (AvgIpc) is 2.38. The smallest absolute Gasteiger partial charge is 0.314 e. The summed E-state index contributed by atoms with van der Waals surface area (Å²) in [5.41, 5.74) is -2.05. The largest absolute Gasteiger partial charge is 0.416 e. The third-order valence-corrected chi connectivity index (χ3v) is 3.86. The quantitative estimate of drug-likeness (QED) is 0.812. The molecule has 0 aromatic heterocycles. The first kappa shape index (κ1) is 15.3. The minimum atomic E-state index is -4.38. The van der Waals surface area contributed by atoms with Crippen LogP contribution in [0.2, 0.25) is 0 Å². The summed E-state index contributed by atoms with van der Waals surface area (Å²) in [7, 11) is 0. The molecule has 1 aliphatic heterocycles. The fraction of sp³-hybridized carbons (Fsp3) is 0.600. The zero-order chi connectivity index (χ0) is 14.8. The number of halogens is 4. The predicted molar refractivity (Wildman–Crippen MR) is 70.2 cm³/mol. The van der Waals surface area contributed by atoms with E-state index in [1.54, 1.807) is 0 Å². The lowest BCUT2D eigenvalue weighted by molar-refractivity contribution is -0.137. The molecule has 2 atom stereocenters. The molecule has 1 nitrogen and oxygen atoms in total. The fourth-order valence-corrected chi connectivity index (χ4v) is 2.69. The topological polar surface area (TPSA) is 12.0 Å². The van der Waals surface area contributed by atoms with Crippen molar-refractivity contribution in [1.82, 2.24) is 5.32 Å². The van der Waals surface area contributed by atoms with Gasteiger partial charge in [-0.25, -0.2) is 4.39 Å². The molecule has 1 saturated heterocycles. The van der Waals surface area contributed by atoms with Crippen LogP contribution in [-0.4, -0.2) is 12.6 Å². The summed E-state index contributed by atoms with van der Waals surface area (Å²) in [4.78, 5) is 0. The van der Waals surface area contributed by atoms with Crippen molar-refractivity contribution < 1.29 is 17.6 Å². The Morgan fingerprint density at radius 3 is 2.15 bits per heavy atom. The molecule has 1 fully saturated rings. The van der Waals surface area contributed by atoms with Gasteiger partial charge in [0.2, 0.25) is 0 Å². The first-order valence-corrected chi connectivity index (χ1v) is 6.89. The van der Waals surface area contributed by atoms with Crippen LogP contribution in [0.5, 0.6) is 0 Å². The van der Waals surface area contributed by atoms with E-state index < -0.39 is 17.4 Å². The van der Waals surface area contributed by atoms with Crippen LogP contribution in [0.4, 0.5) is 17.6 Å². The maximum atomic E-state index is 14.7. The number of hydrogen-bond donors (Lipinski definition) is 1. The molecule has 0 amide bonds. The van der Waals surface area contributed by atoms with Gasteiger partial charge in [-0.3, -0.25) is 0 Å². The molecule has 1 aromatic carbocycles. The number of rotatable bonds is 3. The fourth-order valence-electron chi connectivity index (χ4n) is 2.69. The second kappa shape index (κ2) is 5.72. The van der Waals surface area contributed by atoms with E-state index in [0.717, 1.165) is 37.9 Å². The molecule has 1 aliphatic rings. The van der Waals surface area contributed by atoms with Crippen molar-refractivity contribution in [3.63, 3.8) is 0 Å². The minimum absolute atomic E-state index is 0.0982. The van der Waals surface area contributed by atoms with Gasteiger partial charge in [0.1, 0.15) is 5.67 Å². The summed E-state index contributed by atoms with van der Waals surface area (Å²) in [5, 5.41) is 3.26. The summed E-state index contributed by atoms with van der Waals surface area (Å²) >= 11 is 0. The first-order chi connectivity index (χ1) is 9.29. The Labute approximate surface area is 116 Å². The van der Waals surface area contributed by atoms with Crippen LogP contribution in [0.3, 0.4) is 0 Å². The molecule has 0 spiro atoms. The zero-order valence-corrected chi connectivity index (χ0v) is 11.4. The Morgan fingerprint density at radius 1 is 1.05 bits per heavy atom. The first-order valence-electron chi connectivity index (χ1n) is 6.89. The zero-order valence-electron chi connectivity index (χ0n) is 11.4. The third-order valence-electron chi connectivity index (χ3n) is 3.86. The summed E-state index contributed by atoms with van der Waals surface area (Å²) < 4.78 is 52.2. The van der Waals surface area contributed by atoms with Gasteiger partial charge in [0.15, 0.2) is 0 Å². The van der Waals surface area contributed by atoms with Gasteiger partial charge in [0.25, 0.3) is 0 Å². The van der Waals surface area contributed by atoms with Crippen LogP contribution in [0.15, 0.2) is 24.3 Å². The van der Waals surface area contributed by atoms with E-state index in [4.69, 9.17) is 0 Å². The molecule has 20 heavy (non-hydrogen) atoms. The van der Waals surface area contributed by atoms with Gasteiger partial charge >= 0.3 is 6.18 Å². The van der Waals surface area contributed by atoms with Crippen molar-refractivity contribution in [3.05, 3.63) is 35.4 Å². The molecular formula is C15H19F4N. The van der Waals surface area contributed by atoms with Crippen molar-refractivity contribution in [2.75, 3.05) is 6.54 Å². The number of benzene rings is 1. The number of alkyl halides is 4. The molecule has 1 N–H and O–H groups in total. The van der Waals surface area contributed by atoms with E-state index in [9.17, 15) is 17.6 Å². The minimum Gasteiger partial charge on any atom is -0.314 e. The molecular weight excluding hydrogens is 270 g/mol. The third kappa shape index (κ3) is 3.72. The Hall–Kier alpha value is -1.10. The van der Waals surface area contributed by atoms with E-state index in [2.05, 4.69) is 5.32 Å². The second-order valence-corrected chi connectivity index (χ2v) is 5.62. The Kier molecular flexibility index (Phi) is 4.37. The van der Waals surface area contributed by atoms with E-state index in [-0.39, 0.29) is 6.04 Å². The van der Waals surface area contributed by atoms with Crippen LogP contribution >= 0.6 is 0 Å². The SMILES string of the molecule is CC(F)(CC1CCCCN1)c1ccc(C(F)(F)F)cc1. The van der Waals surface area contributed by atoms with E-state index in [0.29, 0.717) is 12.0 Å². The number of hydrogen-bond acceptors (Lipinski definition) is 1. The van der Waals surface area contributed by atoms with E-state index in [1.165, 1.54) is 19.1 Å². The highest BCUT2D eigenvalue weighted by Crippen LogP contribution is 2.35. The van der Waals surface area contributed by atoms with Gasteiger partial charge < -0.3 is 5.32 Å². The van der Waals surface area contributed by atoms with E-state index >= 15 is 0 Å². The van der Waals surface area contributed by atoms with Gasteiger partial charge in [0.05, 0.1) is 5.56 Å². The molecule has 0 saturated carbocycles. The summed E-state index contributed by atoms with van der Waals surface area (Å²) in [5.74, 6) is 0. The van der Waals surface area contributed by atoms with Crippen LogP contribution in [-0.2, 0) is 11.8 Å². The van der Waals surface area contributed by atoms with Gasteiger partial charge in [-0.15, -0.1) is 0 Å². The van der Waals surface area contributed by atoms with Crippen molar-refractivity contribution >= 4 is 0 Å². The molecule has 5 heteroatoms. The lowest BCUT2D eigenvalue weighted by Crippen LogP contribution is -2.38. The maximum absolute atomic E-state index is 14.7. The summed E-state index contributed by atoms with van der Waals surface area (Å²) in [6.07, 6.45) is -1.00. The Morgan fingerprint density at radius 2 is 1.65 bits per heavy atom. The molecule has 0 bridgehead atoms. The lowest BCUT2D eigenvalue weighted by Gasteiger charge is -2.30. The molecule has 2 rings (SSSR count). The molecule has 2 unspecified atom stereocenters. The standard InChI is InChI=1S/C15H19F4N/c1-14(16,10-13-4-2-3-9-20-13)11-5-7-12(8-6-11)15(17,18)19/h5-8,13,20H,2-4,9-10H2,1H3. The lowest BCUT2D eigenvalue weighted by atomic mass is 9.87. The molecule has 1 heterocycles. The van der Waals surface area contributed by atoms with Gasteiger partial charge in [-0.05, 0) is 44.0 Å². The Balaban J connectivity index is 2.08. The predicted octanol–water partition coefficient (Wildman–Crippen LogP) is 4.42. The second-order valence-electron chi connectivity index (χ2n) is 5.62. The highest BCUT2D eigenvalue weighted by atomic mass is 19.4. The molecule has 1 aromatic rings. The summed E-state index contributed by atoms with van der Waals surface area (Å²) in [6, 6.07) is 4.47. The van der Waals surface area contributed by atoms with E-state index in [1.807, 2.05) is 0 Å². The normalized spacial score (nSPS) is 23.4. The average molecular weight is 289 g/mol. The number of nitrogens with one attached hydrogen (secondary N) is 1. The van der Waals surface area contributed by atoms with Crippen molar-refractivity contribution in [2.45, 2.75) is 50.5 Å². The van der Waals surface area contributed by atoms with Gasteiger partial charge in [-0.1, -0.05) is 18.6 Å². The van der Waals surface area contributed by atoms with Crippen LogP contribution in [0.1, 0.15) is 43.7 Å². The van der Waals surface area contributed by atoms with Crippen molar-refractivity contribution in [1.29, 1.82) is 0 Å². The van der Waals surface area contributed by atoms with Gasteiger partial charge in [-0.2, -0.15) is 13.2 Å². The van der Waals surface area contributed by atoms with Crippen LogP contribution in [0, 0.1) is 0 Å². The Bertz CT molecular complexity index is 430. The van der Waals surface area contributed by atoms with Crippen molar-refractivity contribution in [2.24, 2.45) is 0 Å². The molecule has 112 valence electrons. The van der Waals surface area contributed by atoms with Crippen LogP contribution < -0.4 is 5.32 Å². The monoisotopic (exact) mass is 289 g/mol. The van der Waals surface area contributed by atoms with Crippen LogP contribution in [0.25, 0.3) is 0 Å². The maximum Gasteiger partial charge on any atom is 0.416 e. The highest BCUT2D eigenvalue weighted by molar-refractivity contribution is 5.28. The van der Waals surface area contributed by atoms with Gasteiger partial charge in [0, 0.05) is 12.5 Å². The highest BCUT2D eigenvalue weighted by Gasteiger charge is 2.33. The summed E-state index contributed by atoms with van der Waals surface area (Å²) in [6.45, 7) is 2.32. The number of piperidine rings is 1. The molecule has 0 aliphatic carbocycles. The molecule has 0 radical (unpaired) electrons. The van der Waals surface area contributed by atoms with Crippen molar-refractivity contribution in [3.8, 4) is 0 Å².